The van der Waals surface area contributed by atoms with Crippen LogP contribution in [0.4, 0.5) is 0 Å². The summed E-state index contributed by atoms with van der Waals surface area (Å²) in [4.78, 5) is 0. The van der Waals surface area contributed by atoms with E-state index >= 15 is 0 Å². The van der Waals surface area contributed by atoms with Gasteiger partial charge in [0, 0.05) is 0 Å². The summed E-state index contributed by atoms with van der Waals surface area (Å²) >= 11 is 0. The van der Waals surface area contributed by atoms with Crippen LogP contribution in [-0.4, -0.2) is 41.4 Å². The molecule has 0 aromatic carbocycles. The van der Waals surface area contributed by atoms with Crippen LogP contribution in [0.2, 0.25) is 0 Å². The first kappa shape index (κ1) is 11.0. The highest BCUT2D eigenvalue weighted by atomic mass is 32.3. The number of hydrogen-bond donors (Lipinski definition) is 3. The molecule has 1 aromatic rings. The average molecular weight is 243 g/mol. The molecule has 0 aliphatic heterocycles. The molecule has 11 heteroatoms. The summed E-state index contributed by atoms with van der Waals surface area (Å²) in [5.41, 5.74) is -0.616. The number of rotatable bonds is 3. The van der Waals surface area contributed by atoms with Gasteiger partial charge in [0.2, 0.25) is 0 Å². The zero-order valence-electron chi connectivity index (χ0n) is 6.39. The van der Waals surface area contributed by atoms with Crippen molar-refractivity contribution in [3.05, 3.63) is 11.9 Å². The van der Waals surface area contributed by atoms with E-state index < -0.39 is 30.5 Å². The largest absolute Gasteiger partial charge is 0.290 e. The maximum absolute atomic E-state index is 10.6. The third-order valence-electron chi connectivity index (χ3n) is 1.22. The van der Waals surface area contributed by atoms with Crippen molar-refractivity contribution in [3.63, 3.8) is 0 Å². The molecule has 0 aliphatic rings. The van der Waals surface area contributed by atoms with E-state index in [1.807, 2.05) is 5.21 Å². The molecule has 3 N–H and O–H groups in total. The third-order valence-corrected chi connectivity index (χ3v) is 4.24. The lowest BCUT2D eigenvalue weighted by molar-refractivity contribution is 0.455. The van der Waals surface area contributed by atoms with Crippen molar-refractivity contribution in [2.45, 2.75) is 4.58 Å². The van der Waals surface area contributed by atoms with Crippen molar-refractivity contribution in [3.8, 4) is 0 Å². The molecule has 0 aliphatic carbocycles. The highest BCUT2D eigenvalue weighted by Crippen LogP contribution is 2.23. The van der Waals surface area contributed by atoms with Crippen LogP contribution in [0.15, 0.2) is 6.20 Å². The number of aromatic amines is 1. The SMILES string of the molecule is O=S(=O)(O)C(c1cn[nH]n1)S(=O)(=O)O. The first-order valence-electron chi connectivity index (χ1n) is 3.01. The smallest absolute Gasteiger partial charge is 0.284 e. The molecule has 0 saturated carbocycles. The van der Waals surface area contributed by atoms with E-state index in [1.54, 1.807) is 0 Å². The van der Waals surface area contributed by atoms with E-state index in [0.29, 0.717) is 0 Å². The van der Waals surface area contributed by atoms with Gasteiger partial charge in [0.05, 0.1) is 6.20 Å². The van der Waals surface area contributed by atoms with Gasteiger partial charge in [0.1, 0.15) is 5.69 Å². The first-order chi connectivity index (χ1) is 6.23. The van der Waals surface area contributed by atoms with Gasteiger partial charge in [-0.2, -0.15) is 32.2 Å². The average Bonchev–Trinajstić information content (AvgIpc) is 2.31. The molecule has 0 bridgehead atoms. The second kappa shape index (κ2) is 3.27. The summed E-state index contributed by atoms with van der Waals surface area (Å²) in [5, 5.41) is 8.22. The van der Waals surface area contributed by atoms with E-state index in [0.717, 1.165) is 6.20 Å². The van der Waals surface area contributed by atoms with Crippen LogP contribution in [-0.2, 0) is 20.2 Å². The molecule has 0 radical (unpaired) electrons. The molecule has 0 saturated heterocycles. The van der Waals surface area contributed by atoms with Gasteiger partial charge in [-0.3, -0.25) is 9.11 Å². The van der Waals surface area contributed by atoms with E-state index in [4.69, 9.17) is 9.11 Å². The summed E-state index contributed by atoms with van der Waals surface area (Å²) in [6, 6.07) is 0. The van der Waals surface area contributed by atoms with E-state index in [9.17, 15) is 16.8 Å². The number of hydrogen-bond acceptors (Lipinski definition) is 6. The molecule has 0 spiro atoms. The first-order valence-corrected chi connectivity index (χ1v) is 6.02. The van der Waals surface area contributed by atoms with Crippen molar-refractivity contribution in [2.75, 3.05) is 0 Å². The zero-order chi connectivity index (χ0) is 11.0. The second-order valence-electron chi connectivity index (χ2n) is 2.26. The van der Waals surface area contributed by atoms with Gasteiger partial charge in [0.25, 0.3) is 24.8 Å². The molecule has 80 valence electrons. The molecule has 0 unspecified atom stereocenters. The Morgan fingerprint density at radius 2 is 1.71 bits per heavy atom. The van der Waals surface area contributed by atoms with Gasteiger partial charge >= 0.3 is 0 Å². The highest BCUT2D eigenvalue weighted by Gasteiger charge is 2.39. The predicted molar refractivity (Wildman–Crippen MR) is 42.2 cm³/mol. The Kier molecular flexibility index (Phi) is 2.58. The van der Waals surface area contributed by atoms with Crippen LogP contribution in [0, 0.1) is 0 Å². The maximum atomic E-state index is 10.6. The van der Waals surface area contributed by atoms with E-state index in [-0.39, 0.29) is 0 Å². The monoisotopic (exact) mass is 243 g/mol. The molecular formula is C3H5N3O6S2. The maximum Gasteiger partial charge on any atom is 0.290 e. The Morgan fingerprint density at radius 3 is 2.00 bits per heavy atom. The summed E-state index contributed by atoms with van der Waals surface area (Å²) in [7, 11) is -10.0. The summed E-state index contributed by atoms with van der Waals surface area (Å²) in [5.74, 6) is 0. The van der Waals surface area contributed by atoms with Crippen LogP contribution >= 0.6 is 0 Å². The molecule has 1 heterocycles. The van der Waals surface area contributed by atoms with Crippen LogP contribution in [0.3, 0.4) is 0 Å². The third kappa shape index (κ3) is 2.25. The zero-order valence-corrected chi connectivity index (χ0v) is 8.03. The van der Waals surface area contributed by atoms with Gasteiger partial charge in [-0.25, -0.2) is 0 Å². The quantitative estimate of drug-likeness (QED) is 0.547. The van der Waals surface area contributed by atoms with Crippen LogP contribution in [0.25, 0.3) is 0 Å². The Labute approximate surface area is 78.6 Å². The standard InChI is InChI=1S/C3H5N3O6S2/c7-13(8,9)3(14(10,11)12)2-1-4-6-5-2/h1,3H,(H,4,5,6)(H,7,8,9)(H,10,11,12). The minimum atomic E-state index is -5.01. The Hall–Kier alpha value is -1.04. The fourth-order valence-corrected chi connectivity index (χ4v) is 2.85. The topological polar surface area (TPSA) is 150 Å². The number of nitrogens with zero attached hydrogens (tertiary/aromatic N) is 2. The van der Waals surface area contributed by atoms with Gasteiger partial charge in [-0.15, -0.1) is 0 Å². The summed E-state index contributed by atoms with van der Waals surface area (Å²) in [6.45, 7) is 0. The van der Waals surface area contributed by atoms with Crippen LogP contribution in [0.5, 0.6) is 0 Å². The summed E-state index contributed by atoms with van der Waals surface area (Å²) < 4.78 is 57.0. The number of aromatic nitrogens is 3. The molecule has 1 rings (SSSR count). The molecule has 14 heavy (non-hydrogen) atoms. The Balaban J connectivity index is 3.37. The van der Waals surface area contributed by atoms with Gasteiger partial charge in [-0.1, -0.05) is 0 Å². The minimum absolute atomic E-state index is 0.616. The van der Waals surface area contributed by atoms with Crippen LogP contribution < -0.4 is 0 Å². The Morgan fingerprint density at radius 1 is 1.21 bits per heavy atom. The van der Waals surface area contributed by atoms with Crippen molar-refractivity contribution < 1.29 is 25.9 Å². The minimum Gasteiger partial charge on any atom is -0.284 e. The fraction of sp³-hybridized carbons (Fsp3) is 0.333. The molecule has 1 aromatic heterocycles. The molecule has 0 amide bonds. The lowest BCUT2D eigenvalue weighted by atomic mass is 10.6. The fourth-order valence-electron chi connectivity index (χ4n) is 0.783. The van der Waals surface area contributed by atoms with Crippen molar-refractivity contribution in [2.24, 2.45) is 0 Å². The molecule has 0 atom stereocenters. The van der Waals surface area contributed by atoms with Gasteiger partial charge in [-0.05, 0) is 0 Å². The highest BCUT2D eigenvalue weighted by molar-refractivity contribution is 8.03. The van der Waals surface area contributed by atoms with E-state index in [2.05, 4.69) is 10.2 Å². The predicted octanol–water partition coefficient (Wildman–Crippen LogP) is -1.42. The van der Waals surface area contributed by atoms with Gasteiger partial charge in [0.15, 0.2) is 0 Å². The normalized spacial score (nSPS) is 13.4. The summed E-state index contributed by atoms with van der Waals surface area (Å²) in [6.07, 6.45) is 0.756. The molecule has 9 nitrogen and oxygen atoms in total. The lowest BCUT2D eigenvalue weighted by Crippen LogP contribution is -2.21. The molecular weight excluding hydrogens is 238 g/mol. The molecule has 0 fully saturated rings. The number of nitrogens with one attached hydrogen (secondary N) is 1. The van der Waals surface area contributed by atoms with Crippen molar-refractivity contribution in [1.82, 2.24) is 15.4 Å². The van der Waals surface area contributed by atoms with Crippen molar-refractivity contribution in [1.29, 1.82) is 0 Å². The van der Waals surface area contributed by atoms with Crippen LogP contribution in [0.1, 0.15) is 10.3 Å². The van der Waals surface area contributed by atoms with Gasteiger partial charge < -0.3 is 0 Å². The Bertz CT molecular complexity index is 469. The van der Waals surface area contributed by atoms with Crippen molar-refractivity contribution >= 4 is 20.2 Å². The lowest BCUT2D eigenvalue weighted by Gasteiger charge is -2.05. The number of H-pyrrole nitrogens is 1. The second-order valence-corrected chi connectivity index (χ2v) is 5.56. The van der Waals surface area contributed by atoms with E-state index in [1.165, 1.54) is 0 Å².